The maximum atomic E-state index is 11.2. The van der Waals surface area contributed by atoms with E-state index in [9.17, 15) is 4.79 Å². The predicted octanol–water partition coefficient (Wildman–Crippen LogP) is 1.70. The topological polar surface area (TPSA) is 59.4 Å². The molecule has 2 heterocycles. The van der Waals surface area contributed by atoms with Gasteiger partial charge < -0.3 is 4.74 Å². The van der Waals surface area contributed by atoms with Crippen molar-refractivity contribution in [1.82, 2.24) is 14.6 Å². The Bertz CT molecular complexity index is 758. The molecule has 0 aliphatic carbocycles. The van der Waals surface area contributed by atoms with E-state index >= 15 is 0 Å². The number of ether oxygens (including phenoxy) is 1. The molecule has 0 saturated heterocycles. The number of benzene rings is 1. The van der Waals surface area contributed by atoms with E-state index in [2.05, 4.69) is 10.2 Å². The van der Waals surface area contributed by atoms with Gasteiger partial charge in [-0.15, -0.1) is 0 Å². The zero-order chi connectivity index (χ0) is 12.5. The van der Waals surface area contributed by atoms with Crippen LogP contribution in [0.4, 0.5) is 0 Å². The highest BCUT2D eigenvalue weighted by molar-refractivity contribution is 5.61. The maximum Gasteiger partial charge on any atom is 0.183 e. The average Bonchev–Trinajstić information content (AvgIpc) is 2.81. The van der Waals surface area contributed by atoms with Gasteiger partial charge in [0.05, 0.1) is 7.11 Å². The minimum absolute atomic E-state index is 0.0455. The Morgan fingerprint density at radius 2 is 2.17 bits per heavy atom. The zero-order valence-electron chi connectivity index (χ0n) is 9.75. The summed E-state index contributed by atoms with van der Waals surface area (Å²) >= 11 is 0. The Morgan fingerprint density at radius 3 is 3.00 bits per heavy atom. The van der Waals surface area contributed by atoms with E-state index in [4.69, 9.17) is 4.74 Å². The monoisotopic (exact) mass is 241 g/mol. The molecular formula is C13H11N3O2. The summed E-state index contributed by atoms with van der Waals surface area (Å²) in [5, 5.41) is 7.06. The lowest BCUT2D eigenvalue weighted by Gasteiger charge is -2.02. The van der Waals surface area contributed by atoms with E-state index in [0.29, 0.717) is 5.65 Å². The Kier molecular flexibility index (Phi) is 2.37. The van der Waals surface area contributed by atoms with Gasteiger partial charge >= 0.3 is 0 Å². The molecule has 0 saturated carbocycles. The van der Waals surface area contributed by atoms with Crippen molar-refractivity contribution in [3.8, 4) is 17.1 Å². The second kappa shape index (κ2) is 4.03. The largest absolute Gasteiger partial charge is 0.497 e. The first-order chi connectivity index (χ1) is 8.78. The van der Waals surface area contributed by atoms with Gasteiger partial charge in [-0.2, -0.15) is 5.10 Å². The van der Waals surface area contributed by atoms with Gasteiger partial charge in [0.15, 0.2) is 11.3 Å². The molecular weight excluding hydrogens is 230 g/mol. The molecule has 3 aromatic rings. The SMILES string of the molecule is COc1cccc(-c2n[nH]c3cc(=O)ccn23)c1. The molecule has 0 spiro atoms. The summed E-state index contributed by atoms with van der Waals surface area (Å²) in [5.41, 5.74) is 1.54. The van der Waals surface area contributed by atoms with Crippen LogP contribution in [0.25, 0.3) is 17.0 Å². The molecule has 2 aromatic heterocycles. The summed E-state index contributed by atoms with van der Waals surface area (Å²) in [6.07, 6.45) is 1.70. The van der Waals surface area contributed by atoms with Gasteiger partial charge in [-0.25, -0.2) is 0 Å². The highest BCUT2D eigenvalue weighted by atomic mass is 16.5. The second-order valence-electron chi connectivity index (χ2n) is 3.90. The number of pyridine rings is 1. The number of hydrogen-bond donors (Lipinski definition) is 1. The summed E-state index contributed by atoms with van der Waals surface area (Å²) in [5.74, 6) is 1.51. The fourth-order valence-electron chi connectivity index (χ4n) is 1.88. The molecule has 0 atom stereocenters. The highest BCUT2D eigenvalue weighted by Crippen LogP contribution is 2.22. The number of aromatic amines is 1. The lowest BCUT2D eigenvalue weighted by molar-refractivity contribution is 0.415. The molecule has 0 radical (unpaired) electrons. The van der Waals surface area contributed by atoms with E-state index in [1.165, 1.54) is 12.1 Å². The number of fused-ring (bicyclic) bond motifs is 1. The third kappa shape index (κ3) is 1.66. The highest BCUT2D eigenvalue weighted by Gasteiger charge is 2.07. The summed E-state index contributed by atoms with van der Waals surface area (Å²) in [7, 11) is 1.62. The van der Waals surface area contributed by atoms with Crippen LogP contribution in [-0.4, -0.2) is 21.7 Å². The molecule has 0 amide bonds. The molecule has 3 rings (SSSR count). The molecule has 1 aromatic carbocycles. The molecule has 5 nitrogen and oxygen atoms in total. The number of methoxy groups -OCH3 is 1. The average molecular weight is 241 g/mol. The van der Waals surface area contributed by atoms with Gasteiger partial charge in [-0.1, -0.05) is 12.1 Å². The number of nitrogens with one attached hydrogen (secondary N) is 1. The normalized spacial score (nSPS) is 10.7. The van der Waals surface area contributed by atoms with Crippen LogP contribution in [0.1, 0.15) is 0 Å². The Morgan fingerprint density at radius 1 is 1.28 bits per heavy atom. The standard InChI is InChI=1S/C13H11N3O2/c1-18-11-4-2-3-9(7-11)13-15-14-12-8-10(17)5-6-16(12)13/h2-8,14H,1H3. The molecule has 0 bridgehead atoms. The minimum atomic E-state index is -0.0455. The number of aromatic nitrogens is 3. The van der Waals surface area contributed by atoms with E-state index in [1.807, 2.05) is 28.7 Å². The van der Waals surface area contributed by atoms with E-state index in [1.54, 1.807) is 13.3 Å². The van der Waals surface area contributed by atoms with Gasteiger partial charge in [0, 0.05) is 23.9 Å². The number of H-pyrrole nitrogens is 1. The molecule has 90 valence electrons. The van der Waals surface area contributed by atoms with Crippen LogP contribution in [0.3, 0.4) is 0 Å². The van der Waals surface area contributed by atoms with Crippen molar-refractivity contribution in [2.24, 2.45) is 0 Å². The quantitative estimate of drug-likeness (QED) is 0.742. The van der Waals surface area contributed by atoms with E-state index < -0.39 is 0 Å². The number of hydrogen-bond acceptors (Lipinski definition) is 3. The van der Waals surface area contributed by atoms with Crippen molar-refractivity contribution in [3.63, 3.8) is 0 Å². The fraction of sp³-hybridized carbons (Fsp3) is 0.0769. The van der Waals surface area contributed by atoms with Crippen LogP contribution < -0.4 is 10.2 Å². The zero-order valence-corrected chi connectivity index (χ0v) is 9.75. The first-order valence-corrected chi connectivity index (χ1v) is 5.49. The fourth-order valence-corrected chi connectivity index (χ4v) is 1.88. The molecule has 0 aliphatic rings. The van der Waals surface area contributed by atoms with Crippen molar-refractivity contribution in [3.05, 3.63) is 52.8 Å². The lowest BCUT2D eigenvalue weighted by atomic mass is 10.2. The summed E-state index contributed by atoms with van der Waals surface area (Å²) in [6, 6.07) is 10.6. The van der Waals surface area contributed by atoms with E-state index in [0.717, 1.165) is 17.1 Å². The van der Waals surface area contributed by atoms with Crippen LogP contribution in [-0.2, 0) is 0 Å². The molecule has 18 heavy (non-hydrogen) atoms. The van der Waals surface area contributed by atoms with Gasteiger partial charge in [-0.3, -0.25) is 14.3 Å². The Hall–Kier alpha value is -2.56. The predicted molar refractivity (Wildman–Crippen MR) is 67.8 cm³/mol. The van der Waals surface area contributed by atoms with Crippen molar-refractivity contribution in [2.45, 2.75) is 0 Å². The molecule has 0 unspecified atom stereocenters. The van der Waals surface area contributed by atoms with Crippen LogP contribution >= 0.6 is 0 Å². The summed E-state index contributed by atoms with van der Waals surface area (Å²) in [6.45, 7) is 0. The Balaban J connectivity index is 2.22. The van der Waals surface area contributed by atoms with Crippen LogP contribution in [0, 0.1) is 0 Å². The molecule has 0 aliphatic heterocycles. The first-order valence-electron chi connectivity index (χ1n) is 5.49. The minimum Gasteiger partial charge on any atom is -0.497 e. The molecule has 5 heteroatoms. The number of rotatable bonds is 2. The van der Waals surface area contributed by atoms with Crippen LogP contribution in [0.2, 0.25) is 0 Å². The summed E-state index contributed by atoms with van der Waals surface area (Å²) in [4.78, 5) is 11.2. The van der Waals surface area contributed by atoms with Crippen molar-refractivity contribution >= 4 is 5.65 Å². The van der Waals surface area contributed by atoms with Crippen molar-refractivity contribution in [1.29, 1.82) is 0 Å². The second-order valence-corrected chi connectivity index (χ2v) is 3.90. The van der Waals surface area contributed by atoms with Crippen molar-refractivity contribution in [2.75, 3.05) is 7.11 Å². The van der Waals surface area contributed by atoms with Crippen LogP contribution in [0.5, 0.6) is 5.75 Å². The summed E-state index contributed by atoms with van der Waals surface area (Å²) < 4.78 is 7.02. The van der Waals surface area contributed by atoms with Crippen molar-refractivity contribution < 1.29 is 4.74 Å². The van der Waals surface area contributed by atoms with E-state index in [-0.39, 0.29) is 5.43 Å². The maximum absolute atomic E-state index is 11.2. The Labute approximate surface area is 103 Å². The third-order valence-electron chi connectivity index (χ3n) is 2.76. The molecule has 1 N–H and O–H groups in total. The number of nitrogens with zero attached hydrogens (tertiary/aromatic N) is 2. The van der Waals surface area contributed by atoms with Gasteiger partial charge in [0.1, 0.15) is 11.4 Å². The molecule has 0 fully saturated rings. The smallest absolute Gasteiger partial charge is 0.183 e. The van der Waals surface area contributed by atoms with Gasteiger partial charge in [0.2, 0.25) is 0 Å². The lowest BCUT2D eigenvalue weighted by Crippen LogP contribution is -1.99. The van der Waals surface area contributed by atoms with Gasteiger partial charge in [0.25, 0.3) is 0 Å². The first kappa shape index (κ1) is 10.6. The third-order valence-corrected chi connectivity index (χ3v) is 2.76. The van der Waals surface area contributed by atoms with Crippen LogP contribution in [0.15, 0.2) is 47.4 Å². The van der Waals surface area contributed by atoms with Gasteiger partial charge in [-0.05, 0) is 12.1 Å².